The maximum Gasteiger partial charge on any atom is 0.490 e. The molecule has 18 nitrogen and oxygen atoms in total. The van der Waals surface area contributed by atoms with Crippen molar-refractivity contribution >= 4 is 34.2 Å². The van der Waals surface area contributed by atoms with E-state index in [2.05, 4.69) is 13.1 Å². The molecule has 3 rings (SSSR count). The van der Waals surface area contributed by atoms with E-state index in [1.54, 1.807) is 30.3 Å². The standard InChI is InChI=1S/C14H18NO14P3.3H3N/c16-11-10(7-26-31(22,23)29-32(24,25)28-30(19,20)21)27-14(12(11)17)15-6-5-8-3-1-2-4-9(8)13(15)18;;;/h1-6,10-12,14,16-17H,7H2,(H,22,23)(H,24,25)(H2,19,20,21);3*1H3/t10-,11-,12+,14-;;;/m1.../s1. The first-order chi connectivity index (χ1) is 14.7. The summed E-state index contributed by atoms with van der Waals surface area (Å²) in [6, 6.07) is 8.14. The van der Waals surface area contributed by atoms with Crippen LogP contribution in [-0.4, -0.2) is 59.3 Å². The summed E-state index contributed by atoms with van der Waals surface area (Å²) >= 11 is 0. The van der Waals surface area contributed by atoms with Crippen molar-refractivity contribution in [1.82, 2.24) is 23.0 Å². The van der Waals surface area contributed by atoms with E-state index in [4.69, 9.17) is 19.4 Å². The van der Waals surface area contributed by atoms with Crippen molar-refractivity contribution < 1.29 is 61.4 Å². The maximum atomic E-state index is 12.7. The molecular weight excluding hydrogens is 541 g/mol. The zero-order valence-electron chi connectivity index (χ0n) is 17.8. The first-order valence-corrected chi connectivity index (χ1v) is 13.1. The van der Waals surface area contributed by atoms with Crippen LogP contribution in [0.2, 0.25) is 0 Å². The molecule has 0 aliphatic carbocycles. The van der Waals surface area contributed by atoms with Crippen LogP contribution in [0.4, 0.5) is 0 Å². The predicted molar refractivity (Wildman–Crippen MR) is 119 cm³/mol. The van der Waals surface area contributed by atoms with Crippen LogP contribution in [0.15, 0.2) is 41.3 Å². The lowest BCUT2D eigenvalue weighted by Crippen LogP contribution is -2.35. The quantitative estimate of drug-likeness (QED) is 0.195. The molecule has 1 aliphatic heterocycles. The second kappa shape index (κ2) is 12.2. The molecule has 1 aromatic carbocycles. The Labute approximate surface area is 197 Å². The Morgan fingerprint density at radius 3 is 2.09 bits per heavy atom. The Kier molecular flexibility index (Phi) is 11.7. The molecule has 2 aromatic rings. The van der Waals surface area contributed by atoms with Crippen molar-refractivity contribution in [3.63, 3.8) is 0 Å². The summed E-state index contributed by atoms with van der Waals surface area (Å²) in [4.78, 5) is 48.3. The number of benzene rings is 1. The zero-order chi connectivity index (χ0) is 23.9. The van der Waals surface area contributed by atoms with Gasteiger partial charge in [0.05, 0.1) is 6.61 Å². The summed E-state index contributed by atoms with van der Waals surface area (Å²) in [6.45, 7) is -0.985. The Bertz CT molecular complexity index is 1200. The monoisotopic (exact) mass is 568 g/mol. The number of aliphatic hydroxyl groups excluding tert-OH is 2. The Balaban J connectivity index is 0.00000385. The Morgan fingerprint density at radius 1 is 0.886 bits per heavy atom. The number of aromatic nitrogens is 1. The lowest BCUT2D eigenvalue weighted by molar-refractivity contribution is -0.0533. The van der Waals surface area contributed by atoms with Crippen molar-refractivity contribution in [2.75, 3.05) is 6.61 Å². The van der Waals surface area contributed by atoms with Crippen LogP contribution >= 0.6 is 23.5 Å². The Hall–Kier alpha value is -1.40. The van der Waals surface area contributed by atoms with E-state index in [0.29, 0.717) is 10.8 Å². The largest absolute Gasteiger partial charge is 0.490 e. The van der Waals surface area contributed by atoms with Crippen molar-refractivity contribution in [2.45, 2.75) is 24.5 Å². The van der Waals surface area contributed by atoms with Gasteiger partial charge in [-0.05, 0) is 17.5 Å². The van der Waals surface area contributed by atoms with E-state index in [1.807, 2.05) is 0 Å². The molecule has 0 amide bonds. The molecule has 2 unspecified atom stereocenters. The van der Waals surface area contributed by atoms with E-state index >= 15 is 0 Å². The SMILES string of the molecule is N.N.N.O=c1c2ccccc2ccn1[C@@H]1O[C@H](COP(=O)(O)OP(=O)(O)OP(=O)(O)O)[C@@H](O)[C@@H]1O. The fourth-order valence-corrected chi connectivity index (χ4v) is 6.00. The summed E-state index contributed by atoms with van der Waals surface area (Å²) in [6.07, 6.45) is -4.97. The van der Waals surface area contributed by atoms with Gasteiger partial charge in [-0.2, -0.15) is 8.62 Å². The van der Waals surface area contributed by atoms with Gasteiger partial charge < -0.3 is 53.0 Å². The normalized spacial score (nSPS) is 25.4. The van der Waals surface area contributed by atoms with Crippen LogP contribution in [0.1, 0.15) is 6.23 Å². The van der Waals surface area contributed by atoms with Gasteiger partial charge in [-0.25, -0.2) is 13.7 Å². The third-order valence-corrected chi connectivity index (χ3v) is 8.07. The van der Waals surface area contributed by atoms with Gasteiger partial charge in [0.1, 0.15) is 18.3 Å². The number of phosphoric ester groups is 1. The zero-order valence-corrected chi connectivity index (χ0v) is 20.5. The second-order valence-corrected chi connectivity index (χ2v) is 11.0. The third-order valence-electron chi connectivity index (χ3n) is 4.27. The molecule has 21 heteroatoms. The van der Waals surface area contributed by atoms with Gasteiger partial charge in [0.15, 0.2) is 6.23 Å². The Morgan fingerprint density at radius 2 is 1.49 bits per heavy atom. The molecule has 2 heterocycles. The second-order valence-electron chi connectivity index (χ2n) is 6.55. The van der Waals surface area contributed by atoms with Gasteiger partial charge in [0.2, 0.25) is 0 Å². The minimum absolute atomic E-state index is 0. The highest BCUT2D eigenvalue weighted by Gasteiger charge is 2.46. The topological polar surface area (TPSA) is 337 Å². The summed E-state index contributed by atoms with van der Waals surface area (Å²) in [5.41, 5.74) is -0.548. The van der Waals surface area contributed by atoms with E-state index in [9.17, 15) is 33.6 Å². The molecule has 1 saturated heterocycles. The number of pyridine rings is 1. The fraction of sp³-hybridized carbons (Fsp3) is 0.357. The lowest BCUT2D eigenvalue weighted by atomic mass is 10.1. The van der Waals surface area contributed by atoms with Gasteiger partial charge in [0, 0.05) is 11.6 Å². The van der Waals surface area contributed by atoms with Crippen molar-refractivity contribution in [2.24, 2.45) is 0 Å². The number of ether oxygens (including phenoxy) is 1. The van der Waals surface area contributed by atoms with Gasteiger partial charge in [-0.3, -0.25) is 13.9 Å². The summed E-state index contributed by atoms with van der Waals surface area (Å²) in [5, 5.41) is 21.4. The van der Waals surface area contributed by atoms with E-state index in [-0.39, 0.29) is 18.5 Å². The van der Waals surface area contributed by atoms with Crippen LogP contribution in [0.3, 0.4) is 0 Å². The van der Waals surface area contributed by atoms with Crippen LogP contribution in [0.25, 0.3) is 10.8 Å². The number of phosphoric acid groups is 3. The highest BCUT2D eigenvalue weighted by molar-refractivity contribution is 7.66. The molecule has 0 spiro atoms. The summed E-state index contributed by atoms with van der Waals surface area (Å²) in [5.74, 6) is 0. The van der Waals surface area contributed by atoms with Crippen LogP contribution in [-0.2, 0) is 31.6 Å². The van der Waals surface area contributed by atoms with Crippen LogP contribution in [0.5, 0.6) is 0 Å². The summed E-state index contributed by atoms with van der Waals surface area (Å²) in [7, 11) is -16.7. The molecule has 0 bridgehead atoms. The van der Waals surface area contributed by atoms with E-state index in [1.165, 1.54) is 6.20 Å². The van der Waals surface area contributed by atoms with Crippen molar-refractivity contribution in [3.05, 3.63) is 46.9 Å². The lowest BCUT2D eigenvalue weighted by Gasteiger charge is -2.19. The van der Waals surface area contributed by atoms with Crippen molar-refractivity contribution in [3.8, 4) is 0 Å². The van der Waals surface area contributed by atoms with E-state index in [0.717, 1.165) is 4.57 Å². The molecule has 15 N–H and O–H groups in total. The van der Waals surface area contributed by atoms with Gasteiger partial charge in [-0.1, -0.05) is 18.2 Å². The molecule has 6 atom stereocenters. The molecule has 0 saturated carbocycles. The molecule has 202 valence electrons. The number of fused-ring (bicyclic) bond motifs is 1. The van der Waals surface area contributed by atoms with Gasteiger partial charge >= 0.3 is 23.5 Å². The molecule has 0 radical (unpaired) electrons. The average molecular weight is 568 g/mol. The number of aliphatic hydroxyl groups is 2. The number of nitrogens with zero attached hydrogens (tertiary/aromatic N) is 1. The number of rotatable bonds is 8. The van der Waals surface area contributed by atoms with Gasteiger partial charge in [0.25, 0.3) is 5.56 Å². The first-order valence-electron chi connectivity index (χ1n) is 8.59. The van der Waals surface area contributed by atoms with Crippen molar-refractivity contribution in [1.29, 1.82) is 0 Å². The first kappa shape index (κ1) is 33.6. The molecular formula is C14H27N4O14P3. The molecule has 1 aromatic heterocycles. The smallest absolute Gasteiger partial charge is 0.387 e. The molecule has 1 aliphatic rings. The van der Waals surface area contributed by atoms with Crippen LogP contribution < -0.4 is 24.0 Å². The minimum Gasteiger partial charge on any atom is -0.387 e. The fourth-order valence-electron chi connectivity index (χ4n) is 2.97. The molecule has 1 fully saturated rings. The maximum absolute atomic E-state index is 12.7. The van der Waals surface area contributed by atoms with Crippen LogP contribution in [0, 0.1) is 0 Å². The highest BCUT2D eigenvalue weighted by atomic mass is 31.3. The number of hydrogen-bond acceptors (Lipinski definition) is 13. The minimum atomic E-state index is -5.71. The van der Waals surface area contributed by atoms with Gasteiger partial charge in [-0.15, -0.1) is 0 Å². The summed E-state index contributed by atoms with van der Waals surface area (Å²) < 4.78 is 51.7. The van der Waals surface area contributed by atoms with E-state index < -0.39 is 60.2 Å². The number of hydrogen-bond donors (Lipinski definition) is 9. The highest BCUT2D eigenvalue weighted by Crippen LogP contribution is 2.66. The molecule has 35 heavy (non-hydrogen) atoms. The predicted octanol–water partition coefficient (Wildman–Crippen LogP) is 0.450. The average Bonchev–Trinajstić information content (AvgIpc) is 2.92. The third kappa shape index (κ3) is 8.31.